The van der Waals surface area contributed by atoms with E-state index in [9.17, 15) is 0 Å². The monoisotopic (exact) mass is 228 g/mol. The van der Waals surface area contributed by atoms with E-state index in [0.717, 1.165) is 17.8 Å². The van der Waals surface area contributed by atoms with Gasteiger partial charge in [0.2, 0.25) is 0 Å². The van der Waals surface area contributed by atoms with Gasteiger partial charge < -0.3 is 4.42 Å². The lowest BCUT2D eigenvalue weighted by molar-refractivity contribution is 0.416. The van der Waals surface area contributed by atoms with Crippen molar-refractivity contribution < 1.29 is 4.42 Å². The molecule has 0 saturated carbocycles. The van der Waals surface area contributed by atoms with Gasteiger partial charge in [-0.25, -0.2) is 0 Å². The predicted molar refractivity (Wildman–Crippen MR) is 74.0 cm³/mol. The minimum atomic E-state index is 0.648. The summed E-state index contributed by atoms with van der Waals surface area (Å²) in [5, 5.41) is 1.23. The van der Waals surface area contributed by atoms with Crippen LogP contribution in [0.2, 0.25) is 0 Å². The predicted octanol–water partition coefficient (Wildman–Crippen LogP) is 4.91. The highest BCUT2D eigenvalue weighted by molar-refractivity contribution is 5.84. The standard InChI is InChI=1S/C16H20O/c1-5-15-14(10-12(4)11(2)3)13-8-6-7-9-16(13)17-15/h5-9,11-12H,1,10H2,2-4H3. The number of hydrogen-bond acceptors (Lipinski definition) is 1. The third kappa shape index (κ3) is 2.28. The molecule has 0 bridgehead atoms. The second-order valence-electron chi connectivity index (χ2n) is 5.07. The Labute approximate surface area is 103 Å². The fourth-order valence-corrected chi connectivity index (χ4v) is 2.05. The molecule has 1 atom stereocenters. The van der Waals surface area contributed by atoms with Crippen LogP contribution in [0.5, 0.6) is 0 Å². The first-order valence-corrected chi connectivity index (χ1v) is 6.26. The van der Waals surface area contributed by atoms with Gasteiger partial charge in [0, 0.05) is 10.9 Å². The third-order valence-electron chi connectivity index (χ3n) is 3.58. The van der Waals surface area contributed by atoms with Crippen molar-refractivity contribution in [2.24, 2.45) is 11.8 Å². The molecule has 0 spiro atoms. The first-order valence-electron chi connectivity index (χ1n) is 6.26. The molecule has 0 aliphatic rings. The Bertz CT molecular complexity index is 519. The minimum absolute atomic E-state index is 0.648. The largest absolute Gasteiger partial charge is 0.456 e. The molecule has 0 saturated heterocycles. The van der Waals surface area contributed by atoms with E-state index >= 15 is 0 Å². The Balaban J connectivity index is 2.46. The summed E-state index contributed by atoms with van der Waals surface area (Å²) in [6, 6.07) is 8.22. The van der Waals surface area contributed by atoms with E-state index in [1.165, 1.54) is 10.9 Å². The summed E-state index contributed by atoms with van der Waals surface area (Å²) in [5.74, 6) is 2.26. The zero-order valence-electron chi connectivity index (χ0n) is 10.9. The van der Waals surface area contributed by atoms with Gasteiger partial charge >= 0.3 is 0 Å². The van der Waals surface area contributed by atoms with Crippen molar-refractivity contribution in [2.45, 2.75) is 27.2 Å². The van der Waals surface area contributed by atoms with E-state index in [0.29, 0.717) is 11.8 Å². The van der Waals surface area contributed by atoms with Gasteiger partial charge in [-0.3, -0.25) is 0 Å². The Hall–Kier alpha value is -1.50. The lowest BCUT2D eigenvalue weighted by Gasteiger charge is -2.14. The Kier molecular flexibility index (Phi) is 3.37. The maximum Gasteiger partial charge on any atom is 0.135 e. The first-order chi connectivity index (χ1) is 8.13. The van der Waals surface area contributed by atoms with E-state index < -0.39 is 0 Å². The molecular formula is C16H20O. The van der Waals surface area contributed by atoms with Gasteiger partial charge in [-0.05, 0) is 30.4 Å². The summed E-state index contributed by atoms with van der Waals surface area (Å²) in [6.07, 6.45) is 2.87. The SMILES string of the molecule is C=Cc1oc2ccccc2c1CC(C)C(C)C. The van der Waals surface area contributed by atoms with Crippen molar-refractivity contribution in [1.82, 2.24) is 0 Å². The number of furan rings is 1. The molecule has 1 nitrogen and oxygen atoms in total. The summed E-state index contributed by atoms with van der Waals surface area (Å²) in [4.78, 5) is 0. The molecule has 1 heterocycles. The number of benzene rings is 1. The number of hydrogen-bond donors (Lipinski definition) is 0. The van der Waals surface area contributed by atoms with E-state index in [1.54, 1.807) is 0 Å². The fourth-order valence-electron chi connectivity index (χ4n) is 2.05. The van der Waals surface area contributed by atoms with E-state index in [2.05, 4.69) is 39.5 Å². The molecule has 0 fully saturated rings. The minimum Gasteiger partial charge on any atom is -0.456 e. The zero-order chi connectivity index (χ0) is 12.4. The van der Waals surface area contributed by atoms with Crippen molar-refractivity contribution >= 4 is 17.0 Å². The highest BCUT2D eigenvalue weighted by atomic mass is 16.3. The lowest BCUT2D eigenvalue weighted by Crippen LogP contribution is -2.07. The molecule has 1 unspecified atom stereocenters. The van der Waals surface area contributed by atoms with Gasteiger partial charge in [0.25, 0.3) is 0 Å². The second kappa shape index (κ2) is 4.79. The maximum atomic E-state index is 5.81. The van der Waals surface area contributed by atoms with Crippen LogP contribution in [0.1, 0.15) is 32.1 Å². The first kappa shape index (κ1) is 12.0. The van der Waals surface area contributed by atoms with Gasteiger partial charge in [0.15, 0.2) is 0 Å². The summed E-state index contributed by atoms with van der Waals surface area (Å²) < 4.78 is 5.81. The van der Waals surface area contributed by atoms with Crippen LogP contribution in [0.4, 0.5) is 0 Å². The third-order valence-corrected chi connectivity index (χ3v) is 3.58. The number of fused-ring (bicyclic) bond motifs is 1. The van der Waals surface area contributed by atoms with Crippen molar-refractivity contribution in [3.63, 3.8) is 0 Å². The topological polar surface area (TPSA) is 13.1 Å². The van der Waals surface area contributed by atoms with Crippen LogP contribution in [-0.4, -0.2) is 0 Å². The van der Waals surface area contributed by atoms with Crippen molar-refractivity contribution in [1.29, 1.82) is 0 Å². The quantitative estimate of drug-likeness (QED) is 0.724. The average Bonchev–Trinajstić information content (AvgIpc) is 2.67. The summed E-state index contributed by atoms with van der Waals surface area (Å²) in [6.45, 7) is 10.7. The molecule has 2 aromatic rings. The van der Waals surface area contributed by atoms with E-state index in [-0.39, 0.29) is 0 Å². The molecule has 0 amide bonds. The van der Waals surface area contributed by atoms with E-state index in [1.807, 2.05) is 18.2 Å². The lowest BCUT2D eigenvalue weighted by atomic mass is 9.90. The molecule has 0 radical (unpaired) electrons. The van der Waals surface area contributed by atoms with Crippen LogP contribution in [0, 0.1) is 11.8 Å². The molecular weight excluding hydrogens is 208 g/mol. The smallest absolute Gasteiger partial charge is 0.135 e. The maximum absolute atomic E-state index is 5.81. The number of rotatable bonds is 4. The van der Waals surface area contributed by atoms with Crippen LogP contribution >= 0.6 is 0 Å². The Morgan fingerprint density at radius 2 is 1.94 bits per heavy atom. The van der Waals surface area contributed by atoms with Gasteiger partial charge in [-0.1, -0.05) is 45.5 Å². The van der Waals surface area contributed by atoms with Crippen molar-refractivity contribution in [2.75, 3.05) is 0 Å². The molecule has 1 aromatic heterocycles. The second-order valence-corrected chi connectivity index (χ2v) is 5.07. The normalized spacial score (nSPS) is 13.2. The Morgan fingerprint density at radius 3 is 2.59 bits per heavy atom. The van der Waals surface area contributed by atoms with Crippen LogP contribution in [-0.2, 0) is 6.42 Å². The molecule has 1 aromatic carbocycles. The molecule has 17 heavy (non-hydrogen) atoms. The van der Waals surface area contributed by atoms with Crippen LogP contribution < -0.4 is 0 Å². The van der Waals surface area contributed by atoms with Gasteiger partial charge in [0.1, 0.15) is 11.3 Å². The molecule has 2 rings (SSSR count). The summed E-state index contributed by atoms with van der Waals surface area (Å²) in [7, 11) is 0. The number of para-hydroxylation sites is 1. The molecule has 90 valence electrons. The van der Waals surface area contributed by atoms with Crippen molar-refractivity contribution in [3.05, 3.63) is 42.2 Å². The van der Waals surface area contributed by atoms with Gasteiger partial charge in [-0.2, -0.15) is 0 Å². The van der Waals surface area contributed by atoms with E-state index in [4.69, 9.17) is 4.42 Å². The summed E-state index contributed by atoms with van der Waals surface area (Å²) in [5.41, 5.74) is 2.27. The average molecular weight is 228 g/mol. The molecule has 1 heteroatoms. The van der Waals surface area contributed by atoms with Crippen molar-refractivity contribution in [3.8, 4) is 0 Å². The Morgan fingerprint density at radius 1 is 1.24 bits per heavy atom. The zero-order valence-corrected chi connectivity index (χ0v) is 10.9. The van der Waals surface area contributed by atoms with Crippen LogP contribution in [0.3, 0.4) is 0 Å². The van der Waals surface area contributed by atoms with Crippen LogP contribution in [0.15, 0.2) is 35.3 Å². The van der Waals surface area contributed by atoms with Crippen LogP contribution in [0.25, 0.3) is 17.0 Å². The van der Waals surface area contributed by atoms with Gasteiger partial charge in [-0.15, -0.1) is 0 Å². The molecule has 0 aliphatic heterocycles. The highest BCUT2D eigenvalue weighted by Crippen LogP contribution is 2.30. The van der Waals surface area contributed by atoms with Gasteiger partial charge in [0.05, 0.1) is 0 Å². The fraction of sp³-hybridized carbons (Fsp3) is 0.375. The molecule has 0 aliphatic carbocycles. The summed E-state index contributed by atoms with van der Waals surface area (Å²) >= 11 is 0. The highest BCUT2D eigenvalue weighted by Gasteiger charge is 2.16. The molecule has 0 N–H and O–H groups in total.